The average molecular weight is 330 g/mol. The first-order valence-corrected chi connectivity index (χ1v) is 9.72. The predicted octanol–water partition coefficient (Wildman–Crippen LogP) is 5.97. The largest absolute Gasteiger partial charge is 0.343 e. The van der Waals surface area contributed by atoms with Crippen molar-refractivity contribution in [3.8, 4) is 0 Å². The van der Waals surface area contributed by atoms with Crippen molar-refractivity contribution in [1.82, 2.24) is 4.90 Å². The number of carbonyl (C=O) groups is 1. The molecule has 24 heavy (non-hydrogen) atoms. The van der Waals surface area contributed by atoms with Crippen molar-refractivity contribution in [2.24, 2.45) is 0 Å². The van der Waals surface area contributed by atoms with Gasteiger partial charge in [-0.3, -0.25) is 4.79 Å². The fraction of sp³-hybridized carbons (Fsp3) is 0.591. The second kappa shape index (κ2) is 15.0. The molecule has 1 aliphatic rings. The van der Waals surface area contributed by atoms with E-state index in [1.807, 2.05) is 4.90 Å². The van der Waals surface area contributed by atoms with Gasteiger partial charge in [-0.15, -0.1) is 0 Å². The van der Waals surface area contributed by atoms with E-state index in [1.54, 1.807) is 0 Å². The summed E-state index contributed by atoms with van der Waals surface area (Å²) in [6, 6.07) is 0. The van der Waals surface area contributed by atoms with Crippen LogP contribution >= 0.6 is 0 Å². The number of hydrogen-bond acceptors (Lipinski definition) is 1. The lowest BCUT2D eigenvalue weighted by molar-refractivity contribution is -0.130. The van der Waals surface area contributed by atoms with Crippen LogP contribution in [-0.4, -0.2) is 23.9 Å². The van der Waals surface area contributed by atoms with Crippen molar-refractivity contribution < 1.29 is 4.79 Å². The zero-order chi connectivity index (χ0) is 17.3. The SMILES string of the molecule is CC/C=C\C/C=C\C/C=C\C/C=C\CCCCC(=O)N1CCCC1. The topological polar surface area (TPSA) is 20.3 Å². The quantitative estimate of drug-likeness (QED) is 0.319. The Labute approximate surface area is 149 Å². The Morgan fingerprint density at radius 3 is 1.92 bits per heavy atom. The van der Waals surface area contributed by atoms with E-state index >= 15 is 0 Å². The van der Waals surface area contributed by atoms with Crippen LogP contribution in [0.1, 0.15) is 71.1 Å². The van der Waals surface area contributed by atoms with Crippen molar-refractivity contribution in [1.29, 1.82) is 0 Å². The molecule has 1 rings (SSSR count). The maximum atomic E-state index is 11.9. The van der Waals surface area contributed by atoms with Crippen LogP contribution in [0.5, 0.6) is 0 Å². The molecule has 1 saturated heterocycles. The van der Waals surface area contributed by atoms with Gasteiger partial charge in [0.2, 0.25) is 5.91 Å². The molecule has 0 aliphatic carbocycles. The van der Waals surface area contributed by atoms with Crippen LogP contribution in [-0.2, 0) is 4.79 Å². The fourth-order valence-electron chi connectivity index (χ4n) is 2.76. The van der Waals surface area contributed by atoms with E-state index < -0.39 is 0 Å². The molecular weight excluding hydrogens is 294 g/mol. The highest BCUT2D eigenvalue weighted by molar-refractivity contribution is 5.76. The Morgan fingerprint density at radius 1 is 0.792 bits per heavy atom. The first-order chi connectivity index (χ1) is 11.8. The molecule has 1 amide bonds. The lowest BCUT2D eigenvalue weighted by Crippen LogP contribution is -2.27. The van der Waals surface area contributed by atoms with Crippen LogP contribution in [0.4, 0.5) is 0 Å². The van der Waals surface area contributed by atoms with Gasteiger partial charge in [-0.2, -0.15) is 0 Å². The Balaban J connectivity index is 1.91. The van der Waals surface area contributed by atoms with Gasteiger partial charge in [-0.05, 0) is 57.8 Å². The Morgan fingerprint density at radius 2 is 1.33 bits per heavy atom. The van der Waals surface area contributed by atoms with E-state index in [1.165, 1.54) is 12.8 Å². The van der Waals surface area contributed by atoms with Gasteiger partial charge in [-0.25, -0.2) is 0 Å². The van der Waals surface area contributed by atoms with Crippen molar-refractivity contribution >= 4 is 5.91 Å². The van der Waals surface area contributed by atoms with Crippen LogP contribution in [0, 0.1) is 0 Å². The van der Waals surface area contributed by atoms with Gasteiger partial charge in [0.05, 0.1) is 0 Å². The highest BCUT2D eigenvalue weighted by Gasteiger charge is 2.16. The highest BCUT2D eigenvalue weighted by atomic mass is 16.2. The van der Waals surface area contributed by atoms with Crippen molar-refractivity contribution in [3.63, 3.8) is 0 Å². The van der Waals surface area contributed by atoms with Gasteiger partial charge >= 0.3 is 0 Å². The monoisotopic (exact) mass is 329 g/mol. The number of amides is 1. The Bertz CT molecular complexity index is 425. The number of nitrogens with zero attached hydrogens (tertiary/aromatic N) is 1. The van der Waals surface area contributed by atoms with Crippen LogP contribution in [0.3, 0.4) is 0 Å². The van der Waals surface area contributed by atoms with Crippen LogP contribution < -0.4 is 0 Å². The smallest absolute Gasteiger partial charge is 0.222 e. The molecule has 2 heteroatoms. The summed E-state index contributed by atoms with van der Waals surface area (Å²) >= 11 is 0. The molecule has 0 aromatic carbocycles. The molecule has 0 atom stereocenters. The predicted molar refractivity (Wildman–Crippen MR) is 105 cm³/mol. The van der Waals surface area contributed by atoms with E-state index in [9.17, 15) is 4.79 Å². The number of unbranched alkanes of at least 4 members (excludes halogenated alkanes) is 2. The zero-order valence-electron chi connectivity index (χ0n) is 15.5. The normalized spacial score (nSPS) is 15.8. The van der Waals surface area contributed by atoms with Crippen molar-refractivity contribution in [3.05, 3.63) is 48.6 Å². The third kappa shape index (κ3) is 11.0. The number of likely N-dealkylation sites (tertiary alicyclic amines) is 1. The minimum atomic E-state index is 0.359. The first kappa shape index (κ1) is 20.5. The molecule has 1 fully saturated rings. The Kier molecular flexibility index (Phi) is 12.8. The van der Waals surface area contributed by atoms with Crippen LogP contribution in [0.25, 0.3) is 0 Å². The molecule has 0 bridgehead atoms. The highest BCUT2D eigenvalue weighted by Crippen LogP contribution is 2.11. The van der Waals surface area contributed by atoms with Crippen LogP contribution in [0.2, 0.25) is 0 Å². The van der Waals surface area contributed by atoms with Gasteiger partial charge in [0.25, 0.3) is 0 Å². The molecule has 1 heterocycles. The van der Waals surface area contributed by atoms with E-state index in [2.05, 4.69) is 55.5 Å². The number of rotatable bonds is 12. The third-order valence-corrected chi connectivity index (χ3v) is 4.19. The molecular formula is C22H35NO. The van der Waals surface area contributed by atoms with E-state index in [-0.39, 0.29) is 0 Å². The second-order valence-electron chi connectivity index (χ2n) is 6.33. The van der Waals surface area contributed by atoms with Gasteiger partial charge in [0, 0.05) is 19.5 Å². The molecule has 0 N–H and O–H groups in total. The maximum absolute atomic E-state index is 11.9. The van der Waals surface area contributed by atoms with Gasteiger partial charge in [0.15, 0.2) is 0 Å². The van der Waals surface area contributed by atoms with Crippen molar-refractivity contribution in [2.75, 3.05) is 13.1 Å². The summed E-state index contributed by atoms with van der Waals surface area (Å²) in [5.74, 6) is 0.359. The van der Waals surface area contributed by atoms with Crippen LogP contribution in [0.15, 0.2) is 48.6 Å². The van der Waals surface area contributed by atoms with Gasteiger partial charge in [0.1, 0.15) is 0 Å². The average Bonchev–Trinajstić information content (AvgIpc) is 3.13. The van der Waals surface area contributed by atoms with E-state index in [4.69, 9.17) is 0 Å². The third-order valence-electron chi connectivity index (χ3n) is 4.19. The maximum Gasteiger partial charge on any atom is 0.222 e. The van der Waals surface area contributed by atoms with Gasteiger partial charge < -0.3 is 4.90 Å². The summed E-state index contributed by atoms with van der Waals surface area (Å²) < 4.78 is 0. The molecule has 0 spiro atoms. The summed E-state index contributed by atoms with van der Waals surface area (Å²) in [5.41, 5.74) is 0. The summed E-state index contributed by atoms with van der Waals surface area (Å²) in [5, 5.41) is 0. The number of carbonyl (C=O) groups excluding carboxylic acids is 1. The summed E-state index contributed by atoms with van der Waals surface area (Å²) in [4.78, 5) is 13.9. The molecule has 0 unspecified atom stereocenters. The Hall–Kier alpha value is -1.57. The van der Waals surface area contributed by atoms with Crippen molar-refractivity contribution in [2.45, 2.75) is 71.1 Å². The lowest BCUT2D eigenvalue weighted by atomic mass is 10.1. The van der Waals surface area contributed by atoms with E-state index in [0.717, 1.165) is 64.5 Å². The second-order valence-corrected chi connectivity index (χ2v) is 6.33. The molecule has 0 radical (unpaired) electrons. The summed E-state index contributed by atoms with van der Waals surface area (Å²) in [6.45, 7) is 4.12. The summed E-state index contributed by atoms with van der Waals surface area (Å²) in [7, 11) is 0. The lowest BCUT2D eigenvalue weighted by Gasteiger charge is -2.14. The molecule has 0 aromatic heterocycles. The van der Waals surface area contributed by atoms with Gasteiger partial charge in [-0.1, -0.05) is 55.5 Å². The molecule has 2 nitrogen and oxygen atoms in total. The first-order valence-electron chi connectivity index (χ1n) is 9.72. The zero-order valence-corrected chi connectivity index (χ0v) is 15.5. The minimum Gasteiger partial charge on any atom is -0.343 e. The standard InChI is InChI=1S/C22H35NO/c1-2-3-4-5-6-7-8-9-10-11-12-13-14-15-16-19-22(24)23-20-17-18-21-23/h3-4,6-7,9-10,12-13H,2,5,8,11,14-21H2,1H3/b4-3-,7-6-,10-9-,13-12-. The molecule has 0 saturated carbocycles. The fourth-order valence-corrected chi connectivity index (χ4v) is 2.76. The number of hydrogen-bond donors (Lipinski definition) is 0. The molecule has 134 valence electrons. The molecule has 0 aromatic rings. The summed E-state index contributed by atoms with van der Waals surface area (Å²) in [6.07, 6.45) is 28.3. The van der Waals surface area contributed by atoms with E-state index in [0.29, 0.717) is 5.91 Å². The molecule has 1 aliphatic heterocycles. The number of allylic oxidation sites excluding steroid dienone is 8. The minimum absolute atomic E-state index is 0.359.